The van der Waals surface area contributed by atoms with E-state index in [-0.39, 0.29) is 30.9 Å². The Hall–Kier alpha value is -3.04. The van der Waals surface area contributed by atoms with Crippen LogP contribution in [0.1, 0.15) is 24.0 Å². The lowest BCUT2D eigenvalue weighted by molar-refractivity contribution is -0.283. The van der Waals surface area contributed by atoms with Crippen LogP contribution >= 0.6 is 0 Å². The predicted octanol–water partition coefficient (Wildman–Crippen LogP) is 1.45. The van der Waals surface area contributed by atoms with Crippen LogP contribution in [0.5, 0.6) is 0 Å². The summed E-state index contributed by atoms with van der Waals surface area (Å²) in [5.74, 6) is -4.20. The predicted molar refractivity (Wildman–Crippen MR) is 96.6 cm³/mol. The van der Waals surface area contributed by atoms with E-state index in [9.17, 15) is 18.8 Å². The molecular weight excluding hydrogens is 383 g/mol. The average molecular weight is 402 g/mol. The van der Waals surface area contributed by atoms with Gasteiger partial charge in [0.15, 0.2) is 0 Å². The van der Waals surface area contributed by atoms with Crippen molar-refractivity contribution < 1.29 is 28.2 Å². The molecule has 3 heterocycles. The molecule has 0 saturated carbocycles. The first kappa shape index (κ1) is 19.3. The Labute approximate surface area is 165 Å². The van der Waals surface area contributed by atoms with Gasteiger partial charge < -0.3 is 19.2 Å². The van der Waals surface area contributed by atoms with Gasteiger partial charge in [0, 0.05) is 30.4 Å². The second kappa shape index (κ2) is 7.76. The van der Waals surface area contributed by atoms with Crippen LogP contribution < -0.4 is 5.56 Å². The van der Waals surface area contributed by atoms with Crippen LogP contribution in [-0.4, -0.2) is 40.4 Å². The molecular formula is C20H19FN2O6. The molecule has 2 aromatic rings. The summed E-state index contributed by atoms with van der Waals surface area (Å²) in [5, 5.41) is 0. The first-order valence-electron chi connectivity index (χ1n) is 9.20. The van der Waals surface area contributed by atoms with Crippen LogP contribution in [0, 0.1) is 5.82 Å². The van der Waals surface area contributed by atoms with Crippen molar-refractivity contribution in [2.24, 2.45) is 0 Å². The maximum atomic E-state index is 13.8. The standard InChI is InChI=1S/C20H19FN2O6/c21-16-6-2-1-4-14(16)12-27-15-7-9-23(11-13-5-3-8-22-17(13)24)20(10-15)28-18(25)19(26)29-20/h1-6,8,15H,7,9-12H2,(H,22,24). The average Bonchev–Trinajstić information content (AvgIpc) is 2.98. The third-order valence-electron chi connectivity index (χ3n) is 5.05. The Morgan fingerprint density at radius 2 is 1.83 bits per heavy atom. The van der Waals surface area contributed by atoms with Crippen molar-refractivity contribution in [3.63, 3.8) is 0 Å². The molecule has 9 heteroatoms. The van der Waals surface area contributed by atoms with Gasteiger partial charge >= 0.3 is 17.8 Å². The Morgan fingerprint density at radius 1 is 1.10 bits per heavy atom. The Balaban J connectivity index is 1.51. The first-order chi connectivity index (χ1) is 14.0. The molecule has 1 atom stereocenters. The number of piperidine rings is 1. The second-order valence-corrected chi connectivity index (χ2v) is 6.95. The van der Waals surface area contributed by atoms with Crippen LogP contribution in [0.4, 0.5) is 4.39 Å². The van der Waals surface area contributed by atoms with Gasteiger partial charge in [-0.05, 0) is 18.6 Å². The number of pyridine rings is 1. The number of ether oxygens (including phenoxy) is 3. The summed E-state index contributed by atoms with van der Waals surface area (Å²) in [4.78, 5) is 39.8. The van der Waals surface area contributed by atoms with Crippen molar-refractivity contribution in [2.45, 2.75) is 38.0 Å². The van der Waals surface area contributed by atoms with Crippen LogP contribution in [0.2, 0.25) is 0 Å². The molecule has 4 rings (SSSR count). The number of esters is 2. The van der Waals surface area contributed by atoms with Gasteiger partial charge in [0.05, 0.1) is 19.1 Å². The van der Waals surface area contributed by atoms with Gasteiger partial charge in [0.25, 0.3) is 5.56 Å². The Bertz CT molecular complexity index is 975. The molecule has 1 spiro atoms. The maximum Gasteiger partial charge on any atom is 0.421 e. The summed E-state index contributed by atoms with van der Waals surface area (Å²) < 4.78 is 30.2. The summed E-state index contributed by atoms with van der Waals surface area (Å²) in [6.45, 7) is 0.501. The molecule has 1 aromatic heterocycles. The van der Waals surface area contributed by atoms with Crippen LogP contribution in [0.25, 0.3) is 0 Å². The number of likely N-dealkylation sites (tertiary alicyclic amines) is 1. The SMILES string of the molecule is O=C1OC2(CC(OCc3ccccc3F)CCN2Cc2ccc[nH]c2=O)OC1=O. The highest BCUT2D eigenvalue weighted by Crippen LogP contribution is 2.37. The second-order valence-electron chi connectivity index (χ2n) is 6.95. The summed E-state index contributed by atoms with van der Waals surface area (Å²) in [6, 6.07) is 9.60. The molecule has 0 amide bonds. The minimum absolute atomic E-state index is 0.0354. The summed E-state index contributed by atoms with van der Waals surface area (Å²) in [5.41, 5.74) is 0.563. The molecule has 2 aliphatic heterocycles. The molecule has 0 bridgehead atoms. The largest absolute Gasteiger partial charge is 0.421 e. The van der Waals surface area contributed by atoms with Gasteiger partial charge in [-0.15, -0.1) is 0 Å². The zero-order valence-electron chi connectivity index (χ0n) is 15.4. The number of aromatic amines is 1. The van der Waals surface area contributed by atoms with Crippen molar-refractivity contribution in [1.29, 1.82) is 0 Å². The number of rotatable bonds is 5. The smallest absolute Gasteiger partial charge is 0.400 e. The van der Waals surface area contributed by atoms with Crippen LogP contribution in [0.3, 0.4) is 0 Å². The van der Waals surface area contributed by atoms with Crippen molar-refractivity contribution >= 4 is 11.9 Å². The van der Waals surface area contributed by atoms with E-state index in [1.54, 1.807) is 35.2 Å². The molecule has 1 aromatic carbocycles. The van der Waals surface area contributed by atoms with Crippen molar-refractivity contribution in [1.82, 2.24) is 9.88 Å². The third-order valence-corrected chi connectivity index (χ3v) is 5.05. The molecule has 1 unspecified atom stereocenters. The number of hydrogen-bond acceptors (Lipinski definition) is 7. The van der Waals surface area contributed by atoms with Gasteiger partial charge in [-0.25, -0.2) is 18.9 Å². The topological polar surface area (TPSA) is 97.9 Å². The Morgan fingerprint density at radius 3 is 2.55 bits per heavy atom. The fourth-order valence-electron chi connectivity index (χ4n) is 3.55. The monoisotopic (exact) mass is 402 g/mol. The number of H-pyrrole nitrogens is 1. The van der Waals surface area contributed by atoms with Crippen LogP contribution in [0.15, 0.2) is 47.4 Å². The van der Waals surface area contributed by atoms with Gasteiger partial charge in [-0.3, -0.25) is 4.79 Å². The van der Waals surface area contributed by atoms with Crippen LogP contribution in [-0.2, 0) is 37.0 Å². The van der Waals surface area contributed by atoms with E-state index in [0.29, 0.717) is 24.1 Å². The molecule has 0 aliphatic carbocycles. The van der Waals surface area contributed by atoms with E-state index in [2.05, 4.69) is 4.98 Å². The van der Waals surface area contributed by atoms with Gasteiger partial charge in [-0.1, -0.05) is 24.3 Å². The van der Waals surface area contributed by atoms with E-state index in [0.717, 1.165) is 0 Å². The number of benzene rings is 1. The van der Waals surface area contributed by atoms with Gasteiger partial charge in [0.2, 0.25) is 0 Å². The van der Waals surface area contributed by atoms with Crippen molar-refractivity contribution in [3.8, 4) is 0 Å². The van der Waals surface area contributed by atoms with Gasteiger partial charge in [0.1, 0.15) is 5.82 Å². The third kappa shape index (κ3) is 3.92. The fraction of sp³-hybridized carbons (Fsp3) is 0.350. The molecule has 152 valence electrons. The lowest BCUT2D eigenvalue weighted by atomic mass is 10.0. The normalized spacial score (nSPS) is 21.2. The molecule has 2 aliphatic rings. The van der Waals surface area contributed by atoms with Crippen molar-refractivity contribution in [2.75, 3.05) is 6.54 Å². The highest BCUT2D eigenvalue weighted by atomic mass is 19.1. The highest BCUT2D eigenvalue weighted by molar-refractivity contribution is 6.31. The first-order valence-corrected chi connectivity index (χ1v) is 9.20. The molecule has 29 heavy (non-hydrogen) atoms. The summed E-state index contributed by atoms with van der Waals surface area (Å²) in [7, 11) is 0. The van der Waals surface area contributed by atoms with E-state index in [1.807, 2.05) is 0 Å². The molecule has 2 saturated heterocycles. The molecule has 0 radical (unpaired) electrons. The zero-order valence-corrected chi connectivity index (χ0v) is 15.4. The quantitative estimate of drug-likeness (QED) is 0.597. The maximum absolute atomic E-state index is 13.8. The number of aromatic nitrogens is 1. The minimum atomic E-state index is -1.64. The summed E-state index contributed by atoms with van der Waals surface area (Å²) >= 11 is 0. The molecule has 1 N–H and O–H groups in total. The fourth-order valence-corrected chi connectivity index (χ4v) is 3.55. The number of hydrogen-bond donors (Lipinski definition) is 1. The molecule has 8 nitrogen and oxygen atoms in total. The lowest BCUT2D eigenvalue weighted by Crippen LogP contribution is -2.56. The zero-order chi connectivity index (χ0) is 20.4. The van der Waals surface area contributed by atoms with E-state index < -0.39 is 24.0 Å². The van der Waals surface area contributed by atoms with Crippen molar-refractivity contribution in [3.05, 3.63) is 69.9 Å². The summed E-state index contributed by atoms with van der Waals surface area (Å²) in [6.07, 6.45) is 1.67. The number of carbonyl (C=O) groups is 2. The van der Waals surface area contributed by atoms with E-state index in [1.165, 1.54) is 12.3 Å². The highest BCUT2D eigenvalue weighted by Gasteiger charge is 2.56. The minimum Gasteiger partial charge on any atom is -0.400 e. The van der Waals surface area contributed by atoms with Gasteiger partial charge in [-0.2, -0.15) is 0 Å². The number of nitrogens with one attached hydrogen (secondary N) is 1. The number of nitrogens with zero attached hydrogens (tertiary/aromatic N) is 1. The Kier molecular flexibility index (Phi) is 5.16. The number of carbonyl (C=O) groups excluding carboxylic acids is 2. The molecule has 2 fully saturated rings. The van der Waals surface area contributed by atoms with E-state index >= 15 is 0 Å². The lowest BCUT2D eigenvalue weighted by Gasteiger charge is -2.43. The number of halogens is 1. The van der Waals surface area contributed by atoms with E-state index in [4.69, 9.17) is 14.2 Å².